The van der Waals surface area contributed by atoms with Crippen LogP contribution < -0.4 is 4.72 Å². The lowest BCUT2D eigenvalue weighted by Crippen LogP contribution is -2.37. The average molecular weight is 289 g/mol. The first-order valence-electron chi connectivity index (χ1n) is 6.22. The van der Waals surface area contributed by atoms with Crippen LogP contribution in [0.3, 0.4) is 0 Å². The highest BCUT2D eigenvalue weighted by molar-refractivity contribution is 7.89. The van der Waals surface area contributed by atoms with Gasteiger partial charge in [0.15, 0.2) is 0 Å². The fraction of sp³-hybridized carbons (Fsp3) is 0.667. The van der Waals surface area contributed by atoms with Gasteiger partial charge in [-0.3, -0.25) is 0 Å². The normalized spacial score (nSPS) is 25.2. The molecule has 1 aliphatic rings. The van der Waals surface area contributed by atoms with Crippen molar-refractivity contribution in [3.8, 4) is 0 Å². The Bertz CT molecular complexity index is 487. The molecular formula is C12H19NO3S2. The van der Waals surface area contributed by atoms with Crippen molar-refractivity contribution in [2.45, 2.75) is 50.2 Å². The summed E-state index contributed by atoms with van der Waals surface area (Å²) in [6.07, 6.45) is 3.99. The van der Waals surface area contributed by atoms with E-state index >= 15 is 0 Å². The smallest absolute Gasteiger partial charge is 0.241 e. The van der Waals surface area contributed by atoms with Gasteiger partial charge in [0.1, 0.15) is 0 Å². The second-order valence-electron chi connectivity index (χ2n) is 4.98. The maximum atomic E-state index is 12.1. The maximum Gasteiger partial charge on any atom is 0.241 e. The summed E-state index contributed by atoms with van der Waals surface area (Å²) >= 11 is 1.27. The van der Waals surface area contributed by atoms with Gasteiger partial charge in [-0.25, -0.2) is 13.1 Å². The lowest BCUT2D eigenvalue weighted by Gasteiger charge is -2.26. The Hall–Kier alpha value is -0.430. The molecule has 0 bridgehead atoms. The quantitative estimate of drug-likeness (QED) is 0.892. The number of hydrogen-bond acceptors (Lipinski definition) is 4. The van der Waals surface area contributed by atoms with Gasteiger partial charge < -0.3 is 5.11 Å². The van der Waals surface area contributed by atoms with Crippen molar-refractivity contribution in [3.05, 3.63) is 16.3 Å². The fourth-order valence-electron chi connectivity index (χ4n) is 2.25. The van der Waals surface area contributed by atoms with Crippen molar-refractivity contribution in [1.82, 2.24) is 4.72 Å². The van der Waals surface area contributed by atoms with Gasteiger partial charge in [0.05, 0.1) is 11.5 Å². The highest BCUT2D eigenvalue weighted by Gasteiger charge is 2.24. The van der Waals surface area contributed by atoms with Crippen molar-refractivity contribution in [3.63, 3.8) is 0 Å². The van der Waals surface area contributed by atoms with E-state index in [2.05, 4.69) is 11.6 Å². The standard InChI is InChI=1S/C12H19NO3S2/c1-9-2-4-10(5-3-9)13-18(15,16)12-6-11(7-14)17-8-12/h6,8-10,13-14H,2-5,7H2,1H3. The molecule has 0 spiro atoms. The molecule has 1 heterocycles. The first-order chi connectivity index (χ1) is 8.51. The molecule has 4 nitrogen and oxygen atoms in total. The van der Waals surface area contributed by atoms with E-state index in [1.807, 2.05) is 0 Å². The first kappa shape index (κ1) is 14.0. The van der Waals surface area contributed by atoms with E-state index in [4.69, 9.17) is 5.11 Å². The number of aliphatic hydroxyl groups excluding tert-OH is 1. The Kier molecular flexibility index (Phi) is 4.42. The highest BCUT2D eigenvalue weighted by atomic mass is 32.2. The van der Waals surface area contributed by atoms with Crippen LogP contribution in [0, 0.1) is 5.92 Å². The van der Waals surface area contributed by atoms with Gasteiger partial charge in [-0.1, -0.05) is 6.92 Å². The number of aliphatic hydroxyl groups is 1. The zero-order chi connectivity index (χ0) is 13.2. The summed E-state index contributed by atoms with van der Waals surface area (Å²) in [7, 11) is -3.42. The van der Waals surface area contributed by atoms with Gasteiger partial charge in [0, 0.05) is 16.3 Å². The molecule has 2 rings (SSSR count). The molecule has 6 heteroatoms. The summed E-state index contributed by atoms with van der Waals surface area (Å²) in [5.41, 5.74) is 0. The fourth-order valence-corrected chi connectivity index (χ4v) is 4.69. The van der Waals surface area contributed by atoms with Crippen LogP contribution >= 0.6 is 11.3 Å². The molecule has 0 saturated heterocycles. The van der Waals surface area contributed by atoms with Crippen LogP contribution in [0.15, 0.2) is 16.3 Å². The number of hydrogen-bond donors (Lipinski definition) is 2. The topological polar surface area (TPSA) is 66.4 Å². The number of rotatable bonds is 4. The molecule has 18 heavy (non-hydrogen) atoms. The molecule has 0 unspecified atom stereocenters. The molecule has 1 aliphatic carbocycles. The van der Waals surface area contributed by atoms with Gasteiger partial charge in [-0.2, -0.15) is 0 Å². The van der Waals surface area contributed by atoms with Crippen LogP contribution in [-0.2, 0) is 16.6 Å². The molecule has 102 valence electrons. The third-order valence-electron chi connectivity index (χ3n) is 3.43. The van der Waals surface area contributed by atoms with Crippen LogP contribution in [0.4, 0.5) is 0 Å². The Morgan fingerprint density at radius 1 is 1.39 bits per heavy atom. The molecule has 0 atom stereocenters. The predicted octanol–water partition coefficient (Wildman–Crippen LogP) is 2.10. The maximum absolute atomic E-state index is 12.1. The van der Waals surface area contributed by atoms with Crippen LogP contribution in [0.25, 0.3) is 0 Å². The summed E-state index contributed by atoms with van der Waals surface area (Å²) < 4.78 is 27.0. The van der Waals surface area contributed by atoms with Crippen molar-refractivity contribution in [1.29, 1.82) is 0 Å². The minimum Gasteiger partial charge on any atom is -0.391 e. The Morgan fingerprint density at radius 3 is 2.61 bits per heavy atom. The van der Waals surface area contributed by atoms with Crippen molar-refractivity contribution < 1.29 is 13.5 Å². The molecule has 1 aromatic rings. The van der Waals surface area contributed by atoms with E-state index in [0.29, 0.717) is 10.8 Å². The summed E-state index contributed by atoms with van der Waals surface area (Å²) in [4.78, 5) is 0.947. The van der Waals surface area contributed by atoms with Gasteiger partial charge in [-0.05, 0) is 37.7 Å². The summed E-state index contributed by atoms with van der Waals surface area (Å²) in [6, 6.07) is 1.60. The molecule has 0 amide bonds. The average Bonchev–Trinajstić information content (AvgIpc) is 2.81. The monoisotopic (exact) mass is 289 g/mol. The Balaban J connectivity index is 2.03. The van der Waals surface area contributed by atoms with Crippen LogP contribution in [0.1, 0.15) is 37.5 Å². The van der Waals surface area contributed by atoms with E-state index in [0.717, 1.165) is 25.7 Å². The van der Waals surface area contributed by atoms with Crippen molar-refractivity contribution >= 4 is 21.4 Å². The van der Waals surface area contributed by atoms with E-state index in [1.165, 1.54) is 11.3 Å². The number of nitrogens with one attached hydrogen (secondary N) is 1. The van der Waals surface area contributed by atoms with Crippen LogP contribution in [-0.4, -0.2) is 19.6 Å². The van der Waals surface area contributed by atoms with Gasteiger partial charge in [0.2, 0.25) is 10.0 Å². The van der Waals surface area contributed by atoms with Crippen molar-refractivity contribution in [2.24, 2.45) is 5.92 Å². The second kappa shape index (κ2) is 5.69. The predicted molar refractivity (Wildman–Crippen MR) is 72.0 cm³/mol. The molecule has 1 aromatic heterocycles. The highest BCUT2D eigenvalue weighted by Crippen LogP contribution is 2.25. The molecule has 0 aliphatic heterocycles. The molecular weight excluding hydrogens is 270 g/mol. The minimum atomic E-state index is -3.42. The summed E-state index contributed by atoms with van der Waals surface area (Å²) in [6.45, 7) is 2.10. The summed E-state index contributed by atoms with van der Waals surface area (Å²) in [5.74, 6) is 0.702. The number of thiophene rings is 1. The SMILES string of the molecule is CC1CCC(NS(=O)(=O)c2csc(CO)c2)CC1. The zero-order valence-electron chi connectivity index (χ0n) is 10.4. The molecule has 1 fully saturated rings. The minimum absolute atomic E-state index is 0.0590. The Morgan fingerprint density at radius 2 is 2.06 bits per heavy atom. The van der Waals surface area contributed by atoms with E-state index in [9.17, 15) is 8.42 Å². The lowest BCUT2D eigenvalue weighted by atomic mass is 9.88. The molecule has 0 aromatic carbocycles. The van der Waals surface area contributed by atoms with Gasteiger partial charge in [0.25, 0.3) is 0 Å². The van der Waals surface area contributed by atoms with Crippen LogP contribution in [0.5, 0.6) is 0 Å². The lowest BCUT2D eigenvalue weighted by molar-refractivity contribution is 0.285. The number of sulfonamides is 1. The van der Waals surface area contributed by atoms with E-state index < -0.39 is 10.0 Å². The molecule has 1 saturated carbocycles. The molecule has 0 radical (unpaired) electrons. The third kappa shape index (κ3) is 3.32. The van der Waals surface area contributed by atoms with Gasteiger partial charge in [-0.15, -0.1) is 11.3 Å². The van der Waals surface area contributed by atoms with E-state index in [1.54, 1.807) is 11.4 Å². The zero-order valence-corrected chi connectivity index (χ0v) is 12.1. The Labute approximate surface area is 112 Å². The second-order valence-corrected chi connectivity index (χ2v) is 7.69. The third-order valence-corrected chi connectivity index (χ3v) is 6.00. The van der Waals surface area contributed by atoms with Crippen molar-refractivity contribution in [2.75, 3.05) is 0 Å². The van der Waals surface area contributed by atoms with E-state index in [-0.39, 0.29) is 17.5 Å². The molecule has 2 N–H and O–H groups in total. The first-order valence-corrected chi connectivity index (χ1v) is 8.58. The van der Waals surface area contributed by atoms with Crippen LogP contribution in [0.2, 0.25) is 0 Å². The van der Waals surface area contributed by atoms with Gasteiger partial charge >= 0.3 is 0 Å². The largest absolute Gasteiger partial charge is 0.391 e. The summed E-state index contributed by atoms with van der Waals surface area (Å²) in [5, 5.41) is 10.5.